The molecule has 0 amide bonds. The van der Waals surface area contributed by atoms with E-state index in [4.69, 9.17) is 9.84 Å². The van der Waals surface area contributed by atoms with Crippen LogP contribution >= 0.6 is 12.4 Å². The summed E-state index contributed by atoms with van der Waals surface area (Å²) in [6.45, 7) is 4.02. The van der Waals surface area contributed by atoms with Crippen LogP contribution in [0.3, 0.4) is 0 Å². The predicted octanol–water partition coefficient (Wildman–Crippen LogP) is -0.118. The average Bonchev–Trinajstić information content (AvgIpc) is 2.03. The van der Waals surface area contributed by atoms with Crippen molar-refractivity contribution in [1.82, 2.24) is 5.32 Å². The van der Waals surface area contributed by atoms with E-state index in [-0.39, 0.29) is 12.4 Å². The van der Waals surface area contributed by atoms with E-state index in [2.05, 4.69) is 5.32 Å². The quantitative estimate of drug-likeness (QED) is 0.611. The highest BCUT2D eigenvalue weighted by atomic mass is 35.5. The number of halogens is 1. The van der Waals surface area contributed by atoms with Crippen molar-refractivity contribution in [2.24, 2.45) is 17.8 Å². The van der Waals surface area contributed by atoms with E-state index >= 15 is 0 Å². The van der Waals surface area contributed by atoms with Crippen molar-refractivity contribution in [3.8, 4) is 0 Å². The summed E-state index contributed by atoms with van der Waals surface area (Å²) in [7, 11) is 0. The summed E-state index contributed by atoms with van der Waals surface area (Å²) in [4.78, 5) is 0. The largest absolute Gasteiger partial charge is 0.396 e. The number of hydrogen-bond acceptors (Lipinski definition) is 3. The van der Waals surface area contributed by atoms with Gasteiger partial charge in [0.2, 0.25) is 0 Å². The highest BCUT2D eigenvalue weighted by Gasteiger charge is 2.36. The lowest BCUT2D eigenvalue weighted by atomic mass is 9.78. The Bertz CT molecular complexity index is 123. The first-order valence-corrected chi connectivity index (χ1v) is 4.31. The first kappa shape index (κ1) is 10.3. The Hall–Kier alpha value is 0.170. The smallest absolute Gasteiger partial charge is 0.0510 e. The molecule has 0 aromatic carbocycles. The van der Waals surface area contributed by atoms with E-state index in [9.17, 15) is 0 Å². The highest BCUT2D eigenvalue weighted by Crippen LogP contribution is 2.28. The summed E-state index contributed by atoms with van der Waals surface area (Å²) >= 11 is 0. The number of ether oxygens (including phenoxy) is 1. The first-order chi connectivity index (χ1) is 5.42. The number of hydrogen-bond donors (Lipinski definition) is 2. The van der Waals surface area contributed by atoms with Crippen molar-refractivity contribution in [3.63, 3.8) is 0 Å². The molecule has 2 fully saturated rings. The number of aliphatic hydroxyl groups excluding tert-OH is 1. The Labute approximate surface area is 78.9 Å². The molecule has 4 heteroatoms. The molecule has 2 heterocycles. The Morgan fingerprint density at radius 2 is 1.83 bits per heavy atom. The van der Waals surface area contributed by atoms with Crippen LogP contribution in [0, 0.1) is 17.8 Å². The maximum Gasteiger partial charge on any atom is 0.0510 e. The molecule has 0 spiro atoms. The summed E-state index contributed by atoms with van der Waals surface area (Å²) in [5.41, 5.74) is 0. The van der Waals surface area contributed by atoms with Gasteiger partial charge in [0, 0.05) is 31.5 Å². The van der Waals surface area contributed by atoms with Crippen molar-refractivity contribution in [1.29, 1.82) is 0 Å². The van der Waals surface area contributed by atoms with Gasteiger partial charge in [-0.05, 0) is 5.92 Å². The van der Waals surface area contributed by atoms with Crippen molar-refractivity contribution in [2.75, 3.05) is 32.9 Å². The normalized spacial score (nSPS) is 40.2. The molecule has 72 valence electrons. The lowest BCUT2D eigenvalue weighted by Gasteiger charge is -2.41. The highest BCUT2D eigenvalue weighted by molar-refractivity contribution is 5.85. The van der Waals surface area contributed by atoms with Crippen molar-refractivity contribution in [3.05, 3.63) is 0 Å². The van der Waals surface area contributed by atoms with Gasteiger partial charge in [0.1, 0.15) is 0 Å². The standard InChI is InChI=1S/C8H15NO2.ClH/c10-3-8-6-1-9-2-7(8)5-11-4-6;/h6-10H,1-5H2;1H. The summed E-state index contributed by atoms with van der Waals surface area (Å²) in [5, 5.41) is 12.5. The van der Waals surface area contributed by atoms with Crippen molar-refractivity contribution >= 4 is 12.4 Å². The average molecular weight is 194 g/mol. The summed E-state index contributed by atoms with van der Waals surface area (Å²) in [6.07, 6.45) is 0. The lowest BCUT2D eigenvalue weighted by Crippen LogP contribution is -2.51. The second kappa shape index (κ2) is 4.42. The Morgan fingerprint density at radius 3 is 2.25 bits per heavy atom. The second-order valence-corrected chi connectivity index (χ2v) is 3.56. The van der Waals surface area contributed by atoms with Crippen LogP contribution in [-0.2, 0) is 4.74 Å². The number of piperidine rings is 1. The van der Waals surface area contributed by atoms with Gasteiger partial charge in [0.25, 0.3) is 0 Å². The fourth-order valence-corrected chi connectivity index (χ4v) is 2.18. The van der Waals surface area contributed by atoms with Gasteiger partial charge < -0.3 is 15.2 Å². The molecule has 3 nitrogen and oxygen atoms in total. The predicted molar refractivity (Wildman–Crippen MR) is 48.5 cm³/mol. The van der Waals surface area contributed by atoms with Gasteiger partial charge in [-0.3, -0.25) is 0 Å². The van der Waals surface area contributed by atoms with Crippen LogP contribution in [0.4, 0.5) is 0 Å². The number of fused-ring (bicyclic) bond motifs is 2. The van der Waals surface area contributed by atoms with Gasteiger partial charge >= 0.3 is 0 Å². The summed E-state index contributed by atoms with van der Waals surface area (Å²) in [5.74, 6) is 1.59. The van der Waals surface area contributed by atoms with Gasteiger partial charge in [-0.2, -0.15) is 0 Å². The molecular formula is C8H16ClNO2. The molecule has 2 N–H and O–H groups in total. The zero-order chi connectivity index (χ0) is 7.68. The zero-order valence-electron chi connectivity index (χ0n) is 7.03. The van der Waals surface area contributed by atoms with Gasteiger partial charge in [-0.25, -0.2) is 0 Å². The molecule has 0 saturated carbocycles. The Kier molecular flexibility index (Phi) is 3.77. The van der Waals surface area contributed by atoms with Crippen LogP contribution in [0.25, 0.3) is 0 Å². The summed E-state index contributed by atoms with van der Waals surface area (Å²) < 4.78 is 5.42. The molecule has 2 unspecified atom stereocenters. The third-order valence-corrected chi connectivity index (χ3v) is 2.90. The number of nitrogens with one attached hydrogen (secondary N) is 1. The van der Waals surface area contributed by atoms with Gasteiger partial charge in [0.15, 0.2) is 0 Å². The minimum absolute atomic E-state index is 0. The molecule has 0 aliphatic carbocycles. The van der Waals surface area contributed by atoms with E-state index in [1.807, 2.05) is 0 Å². The molecule has 12 heavy (non-hydrogen) atoms. The van der Waals surface area contributed by atoms with E-state index in [0.29, 0.717) is 24.4 Å². The third kappa shape index (κ3) is 1.74. The van der Waals surface area contributed by atoms with Crippen molar-refractivity contribution in [2.45, 2.75) is 0 Å². The third-order valence-electron chi connectivity index (χ3n) is 2.90. The van der Waals surface area contributed by atoms with E-state index in [1.54, 1.807) is 0 Å². The minimum atomic E-state index is 0. The van der Waals surface area contributed by atoms with E-state index in [0.717, 1.165) is 26.3 Å². The van der Waals surface area contributed by atoms with Crippen LogP contribution in [-0.4, -0.2) is 38.0 Å². The maximum atomic E-state index is 9.11. The fourth-order valence-electron chi connectivity index (χ4n) is 2.18. The molecular weight excluding hydrogens is 178 g/mol. The van der Waals surface area contributed by atoms with Gasteiger partial charge in [-0.15, -0.1) is 12.4 Å². The lowest BCUT2D eigenvalue weighted by molar-refractivity contribution is -0.0633. The van der Waals surface area contributed by atoms with Gasteiger partial charge in [0.05, 0.1) is 13.2 Å². The molecule has 2 saturated heterocycles. The Balaban J connectivity index is 0.000000720. The molecule has 2 aliphatic rings. The van der Waals surface area contributed by atoms with E-state index in [1.165, 1.54) is 0 Å². The topological polar surface area (TPSA) is 41.5 Å². The zero-order valence-corrected chi connectivity index (χ0v) is 7.85. The molecule has 2 bridgehead atoms. The van der Waals surface area contributed by atoms with Crippen LogP contribution in [0.2, 0.25) is 0 Å². The van der Waals surface area contributed by atoms with Gasteiger partial charge in [-0.1, -0.05) is 0 Å². The molecule has 0 radical (unpaired) electrons. The van der Waals surface area contributed by atoms with Crippen LogP contribution in [0.5, 0.6) is 0 Å². The maximum absolute atomic E-state index is 9.11. The van der Waals surface area contributed by atoms with E-state index < -0.39 is 0 Å². The van der Waals surface area contributed by atoms with Crippen LogP contribution in [0.1, 0.15) is 0 Å². The second-order valence-electron chi connectivity index (χ2n) is 3.56. The summed E-state index contributed by atoms with van der Waals surface area (Å²) in [6, 6.07) is 0. The first-order valence-electron chi connectivity index (χ1n) is 4.31. The Morgan fingerprint density at radius 1 is 1.25 bits per heavy atom. The molecule has 2 atom stereocenters. The number of aliphatic hydroxyl groups is 1. The molecule has 0 aromatic heterocycles. The molecule has 2 rings (SSSR count). The number of rotatable bonds is 1. The minimum Gasteiger partial charge on any atom is -0.396 e. The van der Waals surface area contributed by atoms with Crippen molar-refractivity contribution < 1.29 is 9.84 Å². The van der Waals surface area contributed by atoms with Crippen LogP contribution < -0.4 is 5.32 Å². The fraction of sp³-hybridized carbons (Fsp3) is 1.00. The SMILES string of the molecule is Cl.OCC1C2CNCC1COC2. The van der Waals surface area contributed by atoms with Crippen LogP contribution in [0.15, 0.2) is 0 Å². The molecule has 0 aromatic rings. The molecule has 2 aliphatic heterocycles. The monoisotopic (exact) mass is 193 g/mol.